The molecule has 5 nitrogen and oxygen atoms in total. The highest BCUT2D eigenvalue weighted by Crippen LogP contribution is 2.38. The number of aromatic nitrogens is 1. The molecule has 104 valence electrons. The van der Waals surface area contributed by atoms with Crippen LogP contribution in [0.15, 0.2) is 12.3 Å². The van der Waals surface area contributed by atoms with Gasteiger partial charge in [-0.05, 0) is 6.07 Å². The lowest BCUT2D eigenvalue weighted by atomic mass is 10.0. The van der Waals surface area contributed by atoms with Gasteiger partial charge in [-0.3, -0.25) is 0 Å². The van der Waals surface area contributed by atoms with Crippen molar-refractivity contribution >= 4 is 17.3 Å². The Balaban J connectivity index is 1.78. The Morgan fingerprint density at radius 2 is 2.00 bits per heavy atom. The van der Waals surface area contributed by atoms with Gasteiger partial charge in [0.05, 0.1) is 25.3 Å². The van der Waals surface area contributed by atoms with Crippen LogP contribution in [-0.4, -0.2) is 44.2 Å². The van der Waals surface area contributed by atoms with E-state index in [4.69, 9.17) is 25.8 Å². The lowest BCUT2D eigenvalue weighted by Crippen LogP contribution is -2.45. The van der Waals surface area contributed by atoms with Crippen LogP contribution in [0.1, 0.15) is 12.8 Å². The highest BCUT2D eigenvalue weighted by atomic mass is 35.5. The minimum Gasteiger partial charge on any atom is -0.479 e. The van der Waals surface area contributed by atoms with Gasteiger partial charge in [-0.2, -0.15) is 0 Å². The Morgan fingerprint density at radius 1 is 1.32 bits per heavy atom. The second-order valence-electron chi connectivity index (χ2n) is 4.75. The van der Waals surface area contributed by atoms with Gasteiger partial charge in [0.25, 0.3) is 0 Å². The zero-order valence-electron chi connectivity index (χ0n) is 10.9. The molecule has 0 bridgehead atoms. The molecule has 0 saturated carbocycles. The molecular formula is C13H17ClN2O3. The highest BCUT2D eigenvalue weighted by molar-refractivity contribution is 6.33. The molecule has 1 aromatic heterocycles. The van der Waals surface area contributed by atoms with Gasteiger partial charge in [0.2, 0.25) is 5.88 Å². The molecule has 6 heteroatoms. The SMILES string of the molecule is COc1nccc(Cl)c1N1CCC2(CC1)OCCO2. The molecule has 2 saturated heterocycles. The number of anilines is 1. The number of hydrogen-bond acceptors (Lipinski definition) is 5. The first-order valence-corrected chi connectivity index (χ1v) is 6.83. The highest BCUT2D eigenvalue weighted by Gasteiger charge is 2.40. The predicted octanol–water partition coefficient (Wildman–Crippen LogP) is 2.09. The van der Waals surface area contributed by atoms with Gasteiger partial charge in [-0.1, -0.05) is 11.6 Å². The molecule has 0 amide bonds. The summed E-state index contributed by atoms with van der Waals surface area (Å²) in [7, 11) is 1.61. The molecule has 0 N–H and O–H groups in total. The van der Waals surface area contributed by atoms with E-state index in [0.717, 1.165) is 31.6 Å². The molecule has 0 radical (unpaired) electrons. The zero-order chi connectivity index (χ0) is 13.3. The molecular weight excluding hydrogens is 268 g/mol. The van der Waals surface area contributed by atoms with Gasteiger partial charge in [-0.15, -0.1) is 0 Å². The van der Waals surface area contributed by atoms with E-state index in [9.17, 15) is 0 Å². The third-order valence-corrected chi connectivity index (χ3v) is 3.99. The van der Waals surface area contributed by atoms with E-state index < -0.39 is 0 Å². The van der Waals surface area contributed by atoms with E-state index in [1.54, 1.807) is 19.4 Å². The minimum absolute atomic E-state index is 0.377. The molecule has 3 heterocycles. The van der Waals surface area contributed by atoms with Crippen LogP contribution in [-0.2, 0) is 9.47 Å². The Morgan fingerprint density at radius 3 is 2.63 bits per heavy atom. The van der Waals surface area contributed by atoms with Crippen LogP contribution in [0.5, 0.6) is 5.88 Å². The van der Waals surface area contributed by atoms with Crippen LogP contribution in [0.2, 0.25) is 5.02 Å². The third kappa shape index (κ3) is 2.38. The fourth-order valence-corrected chi connectivity index (χ4v) is 2.96. The fraction of sp³-hybridized carbons (Fsp3) is 0.615. The average Bonchev–Trinajstić information content (AvgIpc) is 2.88. The number of halogens is 1. The lowest BCUT2D eigenvalue weighted by molar-refractivity contribution is -0.169. The molecule has 2 aliphatic heterocycles. The number of pyridine rings is 1. The van der Waals surface area contributed by atoms with Crippen molar-refractivity contribution in [3.8, 4) is 5.88 Å². The first kappa shape index (κ1) is 13.0. The molecule has 1 aromatic rings. The summed E-state index contributed by atoms with van der Waals surface area (Å²) in [5.74, 6) is 0.190. The van der Waals surface area contributed by atoms with Crippen LogP contribution >= 0.6 is 11.6 Å². The van der Waals surface area contributed by atoms with E-state index in [1.165, 1.54) is 0 Å². The minimum atomic E-state index is -0.377. The maximum atomic E-state index is 6.27. The van der Waals surface area contributed by atoms with Gasteiger partial charge in [0.1, 0.15) is 5.69 Å². The van der Waals surface area contributed by atoms with Crippen LogP contribution < -0.4 is 9.64 Å². The Bertz CT molecular complexity index is 453. The molecule has 0 atom stereocenters. The fourth-order valence-electron chi connectivity index (χ4n) is 2.71. The Labute approximate surface area is 117 Å². The van der Waals surface area contributed by atoms with Crippen LogP contribution in [0.3, 0.4) is 0 Å². The van der Waals surface area contributed by atoms with E-state index >= 15 is 0 Å². The van der Waals surface area contributed by atoms with E-state index in [-0.39, 0.29) is 5.79 Å². The maximum Gasteiger partial charge on any atom is 0.238 e. The van der Waals surface area contributed by atoms with Crippen molar-refractivity contribution < 1.29 is 14.2 Å². The monoisotopic (exact) mass is 284 g/mol. The predicted molar refractivity (Wildman–Crippen MR) is 71.9 cm³/mol. The lowest BCUT2D eigenvalue weighted by Gasteiger charge is -2.39. The van der Waals surface area contributed by atoms with Crippen molar-refractivity contribution in [2.45, 2.75) is 18.6 Å². The zero-order valence-corrected chi connectivity index (χ0v) is 11.7. The maximum absolute atomic E-state index is 6.27. The van der Waals surface area contributed by atoms with Crippen molar-refractivity contribution in [3.05, 3.63) is 17.3 Å². The molecule has 1 spiro atoms. The number of piperidine rings is 1. The number of nitrogens with zero attached hydrogens (tertiary/aromatic N) is 2. The van der Waals surface area contributed by atoms with Gasteiger partial charge in [0.15, 0.2) is 5.79 Å². The molecule has 2 fully saturated rings. The van der Waals surface area contributed by atoms with Gasteiger partial charge >= 0.3 is 0 Å². The van der Waals surface area contributed by atoms with Crippen molar-refractivity contribution in [2.75, 3.05) is 38.3 Å². The van der Waals surface area contributed by atoms with E-state index in [2.05, 4.69) is 9.88 Å². The van der Waals surface area contributed by atoms with Crippen molar-refractivity contribution in [3.63, 3.8) is 0 Å². The third-order valence-electron chi connectivity index (χ3n) is 3.69. The summed E-state index contributed by atoms with van der Waals surface area (Å²) in [4.78, 5) is 6.40. The van der Waals surface area contributed by atoms with Crippen molar-refractivity contribution in [1.29, 1.82) is 0 Å². The van der Waals surface area contributed by atoms with E-state index in [1.807, 2.05) is 0 Å². The smallest absolute Gasteiger partial charge is 0.238 e. The second kappa shape index (κ2) is 5.15. The first-order chi connectivity index (χ1) is 9.24. The second-order valence-corrected chi connectivity index (χ2v) is 5.15. The molecule has 0 unspecified atom stereocenters. The topological polar surface area (TPSA) is 43.8 Å². The summed E-state index contributed by atoms with van der Waals surface area (Å²) in [6, 6.07) is 1.78. The van der Waals surface area contributed by atoms with Crippen LogP contribution in [0.4, 0.5) is 5.69 Å². The molecule has 0 aromatic carbocycles. The summed E-state index contributed by atoms with van der Waals surface area (Å²) in [5.41, 5.74) is 0.861. The van der Waals surface area contributed by atoms with E-state index in [0.29, 0.717) is 24.1 Å². The van der Waals surface area contributed by atoms with Crippen LogP contribution in [0.25, 0.3) is 0 Å². The molecule has 19 heavy (non-hydrogen) atoms. The molecule has 3 rings (SSSR count). The number of rotatable bonds is 2. The summed E-state index contributed by atoms with van der Waals surface area (Å²) in [6.45, 7) is 3.03. The first-order valence-electron chi connectivity index (χ1n) is 6.45. The summed E-state index contributed by atoms with van der Waals surface area (Å²) < 4.78 is 16.7. The molecule has 0 aliphatic carbocycles. The standard InChI is InChI=1S/C13H17ClN2O3/c1-17-12-11(10(14)2-5-15-12)16-6-3-13(4-7-16)18-8-9-19-13/h2,5H,3-4,6-9H2,1H3. The average molecular weight is 285 g/mol. The van der Waals surface area contributed by atoms with Gasteiger partial charge in [0, 0.05) is 32.1 Å². The van der Waals surface area contributed by atoms with Crippen LogP contribution in [0, 0.1) is 0 Å². The number of ether oxygens (including phenoxy) is 3. The summed E-state index contributed by atoms with van der Waals surface area (Å²) >= 11 is 6.27. The van der Waals surface area contributed by atoms with Crippen molar-refractivity contribution in [1.82, 2.24) is 4.98 Å². The Hall–Kier alpha value is -1.04. The quantitative estimate of drug-likeness (QED) is 0.832. The number of hydrogen-bond donors (Lipinski definition) is 0. The van der Waals surface area contributed by atoms with Gasteiger partial charge in [-0.25, -0.2) is 4.98 Å². The largest absolute Gasteiger partial charge is 0.479 e. The summed E-state index contributed by atoms with van der Waals surface area (Å²) in [5, 5.41) is 0.663. The summed E-state index contributed by atoms with van der Waals surface area (Å²) in [6.07, 6.45) is 3.32. The number of methoxy groups -OCH3 is 1. The Kier molecular flexibility index (Phi) is 3.52. The van der Waals surface area contributed by atoms with Gasteiger partial charge < -0.3 is 19.1 Å². The molecule has 2 aliphatic rings. The normalized spacial score (nSPS) is 21.9. The van der Waals surface area contributed by atoms with Crippen molar-refractivity contribution in [2.24, 2.45) is 0 Å².